The summed E-state index contributed by atoms with van der Waals surface area (Å²) in [6.45, 7) is 0.794. The SMILES string of the molecule is Cc1c(-c2ccc(Cl)cc2)c(=O)oc2cc(OCc3c(F)c(F)c(F)c(F)c3F)ccc12. The minimum Gasteiger partial charge on any atom is -0.489 e. The van der Waals surface area contributed by atoms with Gasteiger partial charge < -0.3 is 9.15 Å². The molecule has 3 nitrogen and oxygen atoms in total. The number of fused-ring (bicyclic) bond motifs is 1. The lowest BCUT2D eigenvalue weighted by Crippen LogP contribution is -2.10. The van der Waals surface area contributed by atoms with Crippen LogP contribution in [0.2, 0.25) is 5.02 Å². The maximum Gasteiger partial charge on any atom is 0.344 e. The first-order valence-corrected chi connectivity index (χ1v) is 9.53. The molecule has 0 amide bonds. The van der Waals surface area contributed by atoms with Crippen LogP contribution < -0.4 is 10.4 Å². The highest BCUT2D eigenvalue weighted by molar-refractivity contribution is 6.30. The van der Waals surface area contributed by atoms with Crippen molar-refractivity contribution in [3.05, 3.63) is 98.1 Å². The Balaban J connectivity index is 1.69. The van der Waals surface area contributed by atoms with Gasteiger partial charge in [0.15, 0.2) is 23.3 Å². The Morgan fingerprint density at radius 3 is 2.09 bits per heavy atom. The quantitative estimate of drug-likeness (QED) is 0.145. The van der Waals surface area contributed by atoms with Crippen LogP contribution in [0.25, 0.3) is 22.1 Å². The van der Waals surface area contributed by atoms with E-state index in [9.17, 15) is 26.7 Å². The molecule has 0 atom stereocenters. The number of halogens is 6. The maximum atomic E-state index is 13.8. The van der Waals surface area contributed by atoms with Gasteiger partial charge >= 0.3 is 5.63 Å². The zero-order valence-corrected chi connectivity index (χ0v) is 17.0. The summed E-state index contributed by atoms with van der Waals surface area (Å²) in [5.41, 5.74) is -0.0603. The van der Waals surface area contributed by atoms with Gasteiger partial charge in [-0.05, 0) is 42.3 Å². The van der Waals surface area contributed by atoms with E-state index >= 15 is 0 Å². The van der Waals surface area contributed by atoms with Crippen LogP contribution in [0.5, 0.6) is 5.75 Å². The van der Waals surface area contributed by atoms with Gasteiger partial charge in [-0.25, -0.2) is 26.7 Å². The van der Waals surface area contributed by atoms with E-state index in [4.69, 9.17) is 20.8 Å². The van der Waals surface area contributed by atoms with E-state index in [0.29, 0.717) is 27.1 Å². The molecule has 4 aromatic rings. The second-order valence-corrected chi connectivity index (χ2v) is 7.33. The molecule has 0 saturated heterocycles. The summed E-state index contributed by atoms with van der Waals surface area (Å²) < 4.78 is 78.1. The first-order chi connectivity index (χ1) is 15.2. The van der Waals surface area contributed by atoms with Crippen molar-refractivity contribution in [1.29, 1.82) is 0 Å². The zero-order valence-electron chi connectivity index (χ0n) is 16.2. The summed E-state index contributed by atoms with van der Waals surface area (Å²) in [7, 11) is 0. The molecule has 0 fully saturated rings. The molecule has 0 spiro atoms. The van der Waals surface area contributed by atoms with E-state index in [1.165, 1.54) is 12.1 Å². The fraction of sp³-hybridized carbons (Fsp3) is 0.0870. The Bertz CT molecular complexity index is 1390. The van der Waals surface area contributed by atoms with E-state index in [1.807, 2.05) is 0 Å². The molecule has 0 radical (unpaired) electrons. The number of rotatable bonds is 4. The summed E-state index contributed by atoms with van der Waals surface area (Å²) in [4.78, 5) is 12.6. The number of hydrogen-bond donors (Lipinski definition) is 0. The van der Waals surface area contributed by atoms with Crippen LogP contribution >= 0.6 is 11.6 Å². The summed E-state index contributed by atoms with van der Waals surface area (Å²) in [6, 6.07) is 10.9. The molecule has 0 bridgehead atoms. The molecule has 0 saturated carbocycles. The topological polar surface area (TPSA) is 39.4 Å². The molecule has 0 unspecified atom stereocenters. The fourth-order valence-corrected chi connectivity index (χ4v) is 3.43. The van der Waals surface area contributed by atoms with Gasteiger partial charge in [-0.3, -0.25) is 0 Å². The molecular weight excluding hydrogens is 455 g/mol. The van der Waals surface area contributed by atoms with E-state index in [1.54, 1.807) is 37.3 Å². The second-order valence-electron chi connectivity index (χ2n) is 6.89. The van der Waals surface area contributed by atoms with E-state index < -0.39 is 46.9 Å². The largest absolute Gasteiger partial charge is 0.489 e. The standard InChI is InChI=1S/C23H12ClF5O3/c1-10-14-7-6-13(31-9-15-18(25)20(27)22(29)21(28)19(15)26)8-16(14)32-23(30)17(10)11-2-4-12(24)5-3-11/h2-8H,9H2,1H3. The molecular formula is C23H12ClF5O3. The number of aryl methyl sites for hydroxylation is 1. The molecule has 9 heteroatoms. The van der Waals surface area contributed by atoms with Gasteiger partial charge in [-0.2, -0.15) is 0 Å². The highest BCUT2D eigenvalue weighted by Crippen LogP contribution is 2.30. The molecule has 1 heterocycles. The molecule has 1 aromatic heterocycles. The van der Waals surface area contributed by atoms with Gasteiger partial charge in [-0.15, -0.1) is 0 Å². The van der Waals surface area contributed by atoms with E-state index in [0.717, 1.165) is 0 Å². The molecule has 164 valence electrons. The van der Waals surface area contributed by atoms with Gasteiger partial charge in [0.1, 0.15) is 17.9 Å². The summed E-state index contributed by atoms with van der Waals surface area (Å²) in [6.07, 6.45) is 0. The smallest absolute Gasteiger partial charge is 0.344 e. The monoisotopic (exact) mass is 466 g/mol. The van der Waals surface area contributed by atoms with Crippen molar-refractivity contribution >= 4 is 22.6 Å². The third-order valence-corrected chi connectivity index (χ3v) is 5.21. The Morgan fingerprint density at radius 2 is 1.47 bits per heavy atom. The lowest BCUT2D eigenvalue weighted by atomic mass is 10.00. The number of ether oxygens (including phenoxy) is 1. The van der Waals surface area contributed by atoms with Crippen LogP contribution in [0.4, 0.5) is 22.0 Å². The highest BCUT2D eigenvalue weighted by Gasteiger charge is 2.26. The van der Waals surface area contributed by atoms with Gasteiger partial charge in [0.25, 0.3) is 0 Å². The van der Waals surface area contributed by atoms with Crippen LogP contribution in [0.3, 0.4) is 0 Å². The number of benzene rings is 3. The minimum absolute atomic E-state index is 0.00299. The molecule has 4 rings (SSSR count). The highest BCUT2D eigenvalue weighted by atomic mass is 35.5. The van der Waals surface area contributed by atoms with Crippen LogP contribution in [-0.4, -0.2) is 0 Å². The average Bonchev–Trinajstić information content (AvgIpc) is 2.77. The van der Waals surface area contributed by atoms with Crippen molar-refractivity contribution in [2.45, 2.75) is 13.5 Å². The lowest BCUT2D eigenvalue weighted by molar-refractivity contribution is 0.279. The van der Waals surface area contributed by atoms with Gasteiger partial charge in [-0.1, -0.05) is 23.7 Å². The molecule has 0 N–H and O–H groups in total. The van der Waals surface area contributed by atoms with Crippen LogP contribution in [0, 0.1) is 36.0 Å². The molecule has 32 heavy (non-hydrogen) atoms. The Hall–Kier alpha value is -3.39. The normalized spacial score (nSPS) is 11.2. The first-order valence-electron chi connectivity index (χ1n) is 9.15. The van der Waals surface area contributed by atoms with Crippen molar-refractivity contribution < 1.29 is 31.1 Å². The molecule has 0 aliphatic heterocycles. The van der Waals surface area contributed by atoms with Gasteiger partial charge in [0, 0.05) is 16.5 Å². The fourth-order valence-electron chi connectivity index (χ4n) is 3.31. The Labute approximate surface area is 182 Å². The average molecular weight is 467 g/mol. The van der Waals surface area contributed by atoms with Crippen molar-refractivity contribution in [2.24, 2.45) is 0 Å². The molecule has 0 aliphatic carbocycles. The van der Waals surface area contributed by atoms with Crippen molar-refractivity contribution in [3.63, 3.8) is 0 Å². The first kappa shape index (κ1) is 21.8. The third kappa shape index (κ3) is 3.71. The van der Waals surface area contributed by atoms with Crippen LogP contribution in [0.1, 0.15) is 11.1 Å². The van der Waals surface area contributed by atoms with Gasteiger partial charge in [0.2, 0.25) is 5.82 Å². The van der Waals surface area contributed by atoms with Crippen LogP contribution in [-0.2, 0) is 6.61 Å². The zero-order chi connectivity index (χ0) is 23.2. The second kappa shape index (κ2) is 8.27. The predicted octanol–water partition coefficient (Wildman–Crippen LogP) is 6.70. The summed E-state index contributed by atoms with van der Waals surface area (Å²) in [5.74, 6) is -10.3. The molecule has 3 aromatic carbocycles. The third-order valence-electron chi connectivity index (χ3n) is 4.96. The minimum atomic E-state index is -2.25. The Kier molecular flexibility index (Phi) is 5.64. The Morgan fingerprint density at radius 1 is 0.875 bits per heavy atom. The van der Waals surface area contributed by atoms with Crippen molar-refractivity contribution in [2.75, 3.05) is 0 Å². The van der Waals surface area contributed by atoms with Crippen molar-refractivity contribution in [1.82, 2.24) is 0 Å². The maximum absolute atomic E-state index is 13.8. The van der Waals surface area contributed by atoms with Crippen LogP contribution in [0.15, 0.2) is 51.7 Å². The van der Waals surface area contributed by atoms with Gasteiger partial charge in [0.05, 0.1) is 11.1 Å². The van der Waals surface area contributed by atoms with E-state index in [-0.39, 0.29) is 11.3 Å². The number of hydrogen-bond acceptors (Lipinski definition) is 3. The lowest BCUT2D eigenvalue weighted by Gasteiger charge is -2.12. The molecule has 0 aliphatic rings. The predicted molar refractivity (Wildman–Crippen MR) is 108 cm³/mol. The van der Waals surface area contributed by atoms with E-state index in [2.05, 4.69) is 0 Å². The summed E-state index contributed by atoms with van der Waals surface area (Å²) >= 11 is 5.89. The summed E-state index contributed by atoms with van der Waals surface area (Å²) in [5, 5.41) is 1.07. The van der Waals surface area contributed by atoms with Crippen molar-refractivity contribution in [3.8, 4) is 16.9 Å².